The molecule has 0 saturated heterocycles. The second-order valence-electron chi connectivity index (χ2n) is 7.11. The number of benzene rings is 2. The van der Waals surface area contributed by atoms with Crippen LogP contribution in [0.4, 0.5) is 5.69 Å². The second kappa shape index (κ2) is 9.61. The van der Waals surface area contributed by atoms with Crippen LogP contribution in [0, 0.1) is 17.0 Å². The number of halogens is 1. The van der Waals surface area contributed by atoms with Gasteiger partial charge in [-0.3, -0.25) is 19.6 Å². The van der Waals surface area contributed by atoms with Gasteiger partial charge in [-0.15, -0.1) is 0 Å². The van der Waals surface area contributed by atoms with Crippen LogP contribution in [0.2, 0.25) is 5.02 Å². The van der Waals surface area contributed by atoms with E-state index in [0.29, 0.717) is 35.0 Å². The molecule has 2 aromatic carbocycles. The first kappa shape index (κ1) is 22.3. The van der Waals surface area contributed by atoms with Gasteiger partial charge in [-0.05, 0) is 43.7 Å². The third kappa shape index (κ3) is 5.21. The summed E-state index contributed by atoms with van der Waals surface area (Å²) >= 11 is 6.21. The van der Waals surface area contributed by atoms with Gasteiger partial charge in [-0.25, -0.2) is 0 Å². The molecule has 0 aliphatic rings. The van der Waals surface area contributed by atoms with E-state index in [0.717, 1.165) is 11.3 Å². The van der Waals surface area contributed by atoms with Crippen LogP contribution in [-0.4, -0.2) is 32.6 Å². The third-order valence-electron chi connectivity index (χ3n) is 4.88. The first-order chi connectivity index (χ1) is 14.8. The summed E-state index contributed by atoms with van der Waals surface area (Å²) in [5.74, 6) is 0.382. The zero-order valence-corrected chi connectivity index (χ0v) is 18.3. The average Bonchev–Trinajstić information content (AvgIpc) is 3.11. The Morgan fingerprint density at radius 1 is 1.29 bits per heavy atom. The summed E-state index contributed by atoms with van der Waals surface area (Å²) in [5, 5.41) is 15.7. The van der Waals surface area contributed by atoms with Crippen molar-refractivity contribution < 1.29 is 14.5 Å². The molecule has 0 spiro atoms. The molecule has 1 aromatic heterocycles. The van der Waals surface area contributed by atoms with Crippen LogP contribution in [0.25, 0.3) is 0 Å². The van der Waals surface area contributed by atoms with Crippen molar-refractivity contribution in [3.8, 4) is 5.75 Å². The highest BCUT2D eigenvalue weighted by molar-refractivity contribution is 6.31. The molecule has 0 bridgehead atoms. The number of hydrogen-bond acceptors (Lipinski definition) is 5. The maximum Gasteiger partial charge on any atom is 0.272 e. The smallest absolute Gasteiger partial charge is 0.272 e. The van der Waals surface area contributed by atoms with Crippen LogP contribution in [0.1, 0.15) is 34.1 Å². The molecule has 0 fully saturated rings. The Bertz CT molecular complexity index is 1110. The zero-order chi connectivity index (χ0) is 22.5. The molecular weight excluding hydrogens is 420 g/mol. The Kier molecular flexibility index (Phi) is 6.91. The van der Waals surface area contributed by atoms with Gasteiger partial charge in [0.05, 0.1) is 28.4 Å². The normalized spacial score (nSPS) is 10.7. The van der Waals surface area contributed by atoms with Crippen molar-refractivity contribution in [2.24, 2.45) is 0 Å². The minimum atomic E-state index is -0.425. The van der Waals surface area contributed by atoms with Crippen LogP contribution in [0.3, 0.4) is 0 Å². The number of carbonyl (C=O) groups is 1. The van der Waals surface area contributed by atoms with Gasteiger partial charge >= 0.3 is 0 Å². The van der Waals surface area contributed by atoms with Crippen LogP contribution >= 0.6 is 11.6 Å². The van der Waals surface area contributed by atoms with Crippen LogP contribution in [-0.2, 0) is 19.7 Å². The maximum atomic E-state index is 12.9. The number of hydrogen-bond donors (Lipinski definition) is 0. The minimum Gasteiger partial charge on any atom is -0.489 e. The summed E-state index contributed by atoms with van der Waals surface area (Å²) < 4.78 is 7.52. The maximum absolute atomic E-state index is 12.9. The van der Waals surface area contributed by atoms with E-state index in [-0.39, 0.29) is 18.2 Å². The molecule has 0 atom stereocenters. The number of amides is 1. The molecule has 0 radical (unpaired) electrons. The van der Waals surface area contributed by atoms with Crippen LogP contribution in [0.15, 0.2) is 48.7 Å². The SMILES string of the molecule is CCn1ncc(Cl)c1CN(C)C(=O)c1cccc(COc2ccc([N+](=O)[O-])c(C)c2)c1. The fourth-order valence-corrected chi connectivity index (χ4v) is 3.42. The van der Waals surface area contributed by atoms with E-state index in [1.807, 2.05) is 13.0 Å². The predicted molar refractivity (Wildman–Crippen MR) is 117 cm³/mol. The van der Waals surface area contributed by atoms with Gasteiger partial charge in [-0.2, -0.15) is 5.10 Å². The van der Waals surface area contributed by atoms with Crippen molar-refractivity contribution in [2.45, 2.75) is 33.5 Å². The molecule has 0 aliphatic heterocycles. The molecule has 9 heteroatoms. The average molecular weight is 443 g/mol. The number of aromatic nitrogens is 2. The predicted octanol–water partition coefficient (Wildman–Crippen LogP) is 4.62. The number of nitro groups is 1. The minimum absolute atomic E-state index is 0.0486. The van der Waals surface area contributed by atoms with Crippen molar-refractivity contribution in [1.82, 2.24) is 14.7 Å². The Labute approximate surface area is 185 Å². The summed E-state index contributed by atoms with van der Waals surface area (Å²) in [5.41, 5.74) is 2.70. The summed E-state index contributed by atoms with van der Waals surface area (Å²) in [6.45, 7) is 4.87. The van der Waals surface area contributed by atoms with Gasteiger partial charge < -0.3 is 9.64 Å². The van der Waals surface area contributed by atoms with Crippen molar-refractivity contribution in [2.75, 3.05) is 7.05 Å². The second-order valence-corrected chi connectivity index (χ2v) is 7.52. The lowest BCUT2D eigenvalue weighted by Crippen LogP contribution is -2.27. The lowest BCUT2D eigenvalue weighted by molar-refractivity contribution is -0.385. The highest BCUT2D eigenvalue weighted by atomic mass is 35.5. The van der Waals surface area contributed by atoms with Gasteiger partial charge in [0, 0.05) is 30.8 Å². The van der Waals surface area contributed by atoms with E-state index in [1.165, 1.54) is 6.07 Å². The number of nitrogens with zero attached hydrogens (tertiary/aromatic N) is 4. The molecule has 0 saturated carbocycles. The Morgan fingerprint density at radius 2 is 2.06 bits per heavy atom. The number of aryl methyl sites for hydroxylation is 2. The number of ether oxygens (including phenoxy) is 1. The molecule has 8 nitrogen and oxygen atoms in total. The number of rotatable bonds is 8. The number of nitro benzene ring substituents is 1. The summed E-state index contributed by atoms with van der Waals surface area (Å²) in [6, 6.07) is 11.8. The van der Waals surface area contributed by atoms with Crippen molar-refractivity contribution in [3.05, 3.63) is 86.2 Å². The molecule has 0 N–H and O–H groups in total. The van der Waals surface area contributed by atoms with E-state index in [9.17, 15) is 14.9 Å². The zero-order valence-electron chi connectivity index (χ0n) is 17.5. The topological polar surface area (TPSA) is 90.5 Å². The van der Waals surface area contributed by atoms with Gasteiger partial charge in [0.15, 0.2) is 0 Å². The van der Waals surface area contributed by atoms with Gasteiger partial charge in [0.1, 0.15) is 12.4 Å². The Morgan fingerprint density at radius 3 is 2.74 bits per heavy atom. The highest BCUT2D eigenvalue weighted by Crippen LogP contribution is 2.24. The van der Waals surface area contributed by atoms with Crippen LogP contribution < -0.4 is 4.74 Å². The molecular formula is C22H23ClN4O4. The van der Waals surface area contributed by atoms with E-state index >= 15 is 0 Å². The molecule has 0 unspecified atom stereocenters. The lowest BCUT2D eigenvalue weighted by Gasteiger charge is -2.18. The van der Waals surface area contributed by atoms with E-state index in [2.05, 4.69) is 5.10 Å². The van der Waals surface area contributed by atoms with Crippen molar-refractivity contribution in [1.29, 1.82) is 0 Å². The van der Waals surface area contributed by atoms with Crippen molar-refractivity contribution >= 4 is 23.2 Å². The number of carbonyl (C=O) groups excluding carboxylic acids is 1. The molecule has 162 valence electrons. The van der Waals surface area contributed by atoms with E-state index in [1.54, 1.807) is 60.1 Å². The Balaban J connectivity index is 1.68. The van der Waals surface area contributed by atoms with Gasteiger partial charge in [-0.1, -0.05) is 23.7 Å². The van der Waals surface area contributed by atoms with E-state index in [4.69, 9.17) is 16.3 Å². The van der Waals surface area contributed by atoms with E-state index < -0.39 is 4.92 Å². The molecule has 1 amide bonds. The molecule has 0 aliphatic carbocycles. The largest absolute Gasteiger partial charge is 0.489 e. The standard InChI is InChI=1S/C22H23ClN4O4/c1-4-26-21(19(23)12-24-26)13-25(3)22(28)17-7-5-6-16(11-17)14-31-18-8-9-20(27(29)30)15(2)10-18/h5-12H,4,13-14H2,1-3H3. The summed E-state index contributed by atoms with van der Waals surface area (Å²) in [6.07, 6.45) is 1.58. The van der Waals surface area contributed by atoms with Crippen LogP contribution in [0.5, 0.6) is 5.75 Å². The monoisotopic (exact) mass is 442 g/mol. The quantitative estimate of drug-likeness (QED) is 0.375. The summed E-state index contributed by atoms with van der Waals surface area (Å²) in [4.78, 5) is 25.0. The first-order valence-corrected chi connectivity index (χ1v) is 10.1. The molecule has 1 heterocycles. The highest BCUT2D eigenvalue weighted by Gasteiger charge is 2.17. The molecule has 3 rings (SSSR count). The van der Waals surface area contributed by atoms with Gasteiger partial charge in [0.2, 0.25) is 0 Å². The summed E-state index contributed by atoms with van der Waals surface area (Å²) in [7, 11) is 1.72. The lowest BCUT2D eigenvalue weighted by atomic mass is 10.1. The first-order valence-electron chi connectivity index (χ1n) is 9.72. The molecule has 3 aromatic rings. The fourth-order valence-electron chi connectivity index (χ4n) is 3.22. The molecule has 31 heavy (non-hydrogen) atoms. The van der Waals surface area contributed by atoms with Gasteiger partial charge in [0.25, 0.3) is 11.6 Å². The third-order valence-corrected chi connectivity index (χ3v) is 5.19. The fraction of sp³-hybridized carbons (Fsp3) is 0.273. The van der Waals surface area contributed by atoms with Crippen molar-refractivity contribution in [3.63, 3.8) is 0 Å². The Hall–Kier alpha value is -3.39.